The molecule has 1 heterocycles. The zero-order chi connectivity index (χ0) is 11.6. The summed E-state index contributed by atoms with van der Waals surface area (Å²) in [5.41, 5.74) is 1.91. The van der Waals surface area contributed by atoms with Crippen LogP contribution in [0.2, 0.25) is 0 Å². The molecule has 1 aromatic rings. The first-order chi connectivity index (χ1) is 7.58. The van der Waals surface area contributed by atoms with Gasteiger partial charge >= 0.3 is 0 Å². The minimum Gasteiger partial charge on any atom is -0.389 e. The van der Waals surface area contributed by atoms with Crippen LogP contribution in [0.5, 0.6) is 0 Å². The Bertz CT molecular complexity index is 354. The molecule has 0 aromatic heterocycles. The van der Waals surface area contributed by atoms with Crippen LogP contribution in [-0.2, 0) is 6.42 Å². The predicted molar refractivity (Wildman–Crippen MR) is 66.5 cm³/mol. The molecule has 0 amide bonds. The van der Waals surface area contributed by atoms with E-state index in [4.69, 9.17) is 0 Å². The topological polar surface area (TPSA) is 32.3 Å². The highest BCUT2D eigenvalue weighted by molar-refractivity contribution is 5.23. The van der Waals surface area contributed by atoms with E-state index < -0.39 is 5.60 Å². The molecule has 2 heteroatoms. The summed E-state index contributed by atoms with van der Waals surface area (Å²) in [5.74, 6) is 0.382. The zero-order valence-electron chi connectivity index (χ0n) is 10.2. The Balaban J connectivity index is 2.07. The number of hydrogen-bond donors (Lipinski definition) is 2. The average molecular weight is 219 g/mol. The van der Waals surface area contributed by atoms with Gasteiger partial charge < -0.3 is 10.4 Å². The van der Waals surface area contributed by atoms with Crippen LogP contribution in [0, 0.1) is 12.8 Å². The van der Waals surface area contributed by atoms with Crippen molar-refractivity contribution in [1.82, 2.24) is 5.32 Å². The standard InChI is InChI=1S/C14H21NO/c1-11-4-3-5-12(8-11)9-14(2,16)13-6-7-15-10-13/h3-5,8,13,15-16H,6-7,9-10H2,1-2H3. The lowest BCUT2D eigenvalue weighted by Crippen LogP contribution is -2.38. The van der Waals surface area contributed by atoms with E-state index >= 15 is 0 Å². The van der Waals surface area contributed by atoms with E-state index in [-0.39, 0.29) is 0 Å². The fraction of sp³-hybridized carbons (Fsp3) is 0.571. The molecule has 2 rings (SSSR count). The van der Waals surface area contributed by atoms with Crippen molar-refractivity contribution < 1.29 is 5.11 Å². The van der Waals surface area contributed by atoms with Crippen molar-refractivity contribution in [1.29, 1.82) is 0 Å². The van der Waals surface area contributed by atoms with Crippen LogP contribution in [0.1, 0.15) is 24.5 Å². The van der Waals surface area contributed by atoms with Crippen LogP contribution in [0.3, 0.4) is 0 Å². The minimum atomic E-state index is -0.586. The molecular weight excluding hydrogens is 198 g/mol. The third kappa shape index (κ3) is 2.63. The Labute approximate surface area is 97.7 Å². The molecular formula is C14H21NO. The normalized spacial score (nSPS) is 24.3. The molecule has 2 nitrogen and oxygen atoms in total. The van der Waals surface area contributed by atoms with E-state index in [0.29, 0.717) is 5.92 Å². The summed E-state index contributed by atoms with van der Waals surface area (Å²) in [6.45, 7) is 6.04. The van der Waals surface area contributed by atoms with Crippen LogP contribution in [0.25, 0.3) is 0 Å². The van der Waals surface area contributed by atoms with Crippen molar-refractivity contribution in [2.75, 3.05) is 13.1 Å². The number of benzene rings is 1. The molecule has 1 saturated heterocycles. The van der Waals surface area contributed by atoms with Gasteiger partial charge in [-0.05, 0) is 32.4 Å². The Kier molecular flexibility index (Phi) is 3.31. The summed E-state index contributed by atoms with van der Waals surface area (Å²) in [6.07, 6.45) is 1.83. The maximum absolute atomic E-state index is 10.5. The van der Waals surface area contributed by atoms with E-state index in [2.05, 4.69) is 36.5 Å². The third-order valence-electron chi connectivity index (χ3n) is 3.58. The lowest BCUT2D eigenvalue weighted by Gasteiger charge is -2.29. The molecule has 2 N–H and O–H groups in total. The molecule has 1 aliphatic rings. The van der Waals surface area contributed by atoms with Gasteiger partial charge in [-0.15, -0.1) is 0 Å². The summed E-state index contributed by atoms with van der Waals surface area (Å²) in [7, 11) is 0. The summed E-state index contributed by atoms with van der Waals surface area (Å²) in [6, 6.07) is 8.42. The van der Waals surface area contributed by atoms with Crippen LogP contribution in [0.4, 0.5) is 0 Å². The van der Waals surface area contributed by atoms with Crippen molar-refractivity contribution in [3.8, 4) is 0 Å². The quantitative estimate of drug-likeness (QED) is 0.814. The molecule has 2 atom stereocenters. The molecule has 0 spiro atoms. The second-order valence-corrected chi connectivity index (χ2v) is 5.21. The van der Waals surface area contributed by atoms with Crippen LogP contribution >= 0.6 is 0 Å². The molecule has 16 heavy (non-hydrogen) atoms. The van der Waals surface area contributed by atoms with Crippen molar-refractivity contribution in [3.05, 3.63) is 35.4 Å². The smallest absolute Gasteiger partial charge is 0.0700 e. The largest absolute Gasteiger partial charge is 0.389 e. The van der Waals surface area contributed by atoms with E-state index in [9.17, 15) is 5.11 Å². The van der Waals surface area contributed by atoms with E-state index in [1.807, 2.05) is 6.92 Å². The Morgan fingerprint density at radius 2 is 2.31 bits per heavy atom. The summed E-state index contributed by atoms with van der Waals surface area (Å²) in [5, 5.41) is 13.8. The number of rotatable bonds is 3. The molecule has 0 aliphatic carbocycles. The first-order valence-electron chi connectivity index (χ1n) is 6.06. The second-order valence-electron chi connectivity index (χ2n) is 5.21. The van der Waals surface area contributed by atoms with Crippen LogP contribution < -0.4 is 5.32 Å². The van der Waals surface area contributed by atoms with Crippen molar-refractivity contribution >= 4 is 0 Å². The van der Waals surface area contributed by atoms with E-state index in [1.54, 1.807) is 0 Å². The van der Waals surface area contributed by atoms with Crippen molar-refractivity contribution in [2.24, 2.45) is 5.92 Å². The van der Waals surface area contributed by atoms with Gasteiger partial charge in [0.25, 0.3) is 0 Å². The molecule has 1 aliphatic heterocycles. The number of nitrogens with one attached hydrogen (secondary N) is 1. The Morgan fingerprint density at radius 1 is 1.50 bits per heavy atom. The number of hydrogen-bond acceptors (Lipinski definition) is 2. The van der Waals surface area contributed by atoms with Gasteiger partial charge in [0.15, 0.2) is 0 Å². The molecule has 1 aromatic carbocycles. The highest BCUT2D eigenvalue weighted by atomic mass is 16.3. The molecule has 88 valence electrons. The predicted octanol–water partition coefficient (Wildman–Crippen LogP) is 1.90. The molecule has 2 unspecified atom stereocenters. The highest BCUT2D eigenvalue weighted by Gasteiger charge is 2.33. The maximum Gasteiger partial charge on any atom is 0.0700 e. The van der Waals surface area contributed by atoms with Gasteiger partial charge in [0, 0.05) is 18.9 Å². The lowest BCUT2D eigenvalue weighted by atomic mass is 9.83. The van der Waals surface area contributed by atoms with E-state index in [0.717, 1.165) is 25.9 Å². The highest BCUT2D eigenvalue weighted by Crippen LogP contribution is 2.27. The number of aliphatic hydroxyl groups is 1. The Morgan fingerprint density at radius 3 is 2.94 bits per heavy atom. The van der Waals surface area contributed by atoms with Gasteiger partial charge in [-0.1, -0.05) is 29.8 Å². The van der Waals surface area contributed by atoms with Gasteiger partial charge in [-0.25, -0.2) is 0 Å². The maximum atomic E-state index is 10.5. The van der Waals surface area contributed by atoms with Gasteiger partial charge in [-0.3, -0.25) is 0 Å². The molecule has 0 radical (unpaired) electrons. The van der Waals surface area contributed by atoms with Crippen LogP contribution in [-0.4, -0.2) is 23.8 Å². The lowest BCUT2D eigenvalue weighted by molar-refractivity contribution is 0.00726. The van der Waals surface area contributed by atoms with Crippen molar-refractivity contribution in [3.63, 3.8) is 0 Å². The van der Waals surface area contributed by atoms with Gasteiger partial charge in [0.1, 0.15) is 0 Å². The van der Waals surface area contributed by atoms with Gasteiger partial charge in [-0.2, -0.15) is 0 Å². The second kappa shape index (κ2) is 4.56. The number of aryl methyl sites for hydroxylation is 1. The molecule has 0 bridgehead atoms. The minimum absolute atomic E-state index is 0.382. The average Bonchev–Trinajstić information content (AvgIpc) is 2.69. The fourth-order valence-electron chi connectivity index (χ4n) is 2.57. The Hall–Kier alpha value is -0.860. The van der Waals surface area contributed by atoms with Crippen molar-refractivity contribution in [2.45, 2.75) is 32.3 Å². The SMILES string of the molecule is Cc1cccc(CC(C)(O)C2CCNC2)c1. The summed E-state index contributed by atoms with van der Waals surface area (Å²) in [4.78, 5) is 0. The van der Waals surface area contributed by atoms with E-state index in [1.165, 1.54) is 11.1 Å². The zero-order valence-corrected chi connectivity index (χ0v) is 10.2. The summed E-state index contributed by atoms with van der Waals surface area (Å²) < 4.78 is 0. The van der Waals surface area contributed by atoms with Gasteiger partial charge in [0.05, 0.1) is 5.60 Å². The molecule has 0 saturated carbocycles. The monoisotopic (exact) mass is 219 g/mol. The fourth-order valence-corrected chi connectivity index (χ4v) is 2.57. The third-order valence-corrected chi connectivity index (χ3v) is 3.58. The first-order valence-corrected chi connectivity index (χ1v) is 6.06. The molecule has 1 fully saturated rings. The van der Waals surface area contributed by atoms with Gasteiger partial charge in [0.2, 0.25) is 0 Å². The first kappa shape index (κ1) is 11.6. The van der Waals surface area contributed by atoms with Crippen LogP contribution in [0.15, 0.2) is 24.3 Å². The summed E-state index contributed by atoms with van der Waals surface area (Å²) >= 11 is 0.